The van der Waals surface area contributed by atoms with Crippen molar-refractivity contribution in [2.75, 3.05) is 11.9 Å². The normalized spacial score (nSPS) is 10.2. The molecular weight excluding hydrogens is 204 g/mol. The predicted molar refractivity (Wildman–Crippen MR) is 64.8 cm³/mol. The van der Waals surface area contributed by atoms with Gasteiger partial charge in [-0.1, -0.05) is 13.3 Å². The van der Waals surface area contributed by atoms with E-state index in [2.05, 4.69) is 6.92 Å². The molecule has 0 bridgehead atoms. The fourth-order valence-corrected chi connectivity index (χ4v) is 1.62. The standard InChI is InChI=1S/C12H18N2O2/c1-4-5-6-10-8-13(2)12(16)7-11(10)14(3)9-15/h7-9H,4-6H2,1-3H3. The Labute approximate surface area is 95.5 Å². The van der Waals surface area contributed by atoms with Gasteiger partial charge < -0.3 is 9.47 Å². The number of hydrogen-bond donors (Lipinski definition) is 0. The van der Waals surface area contributed by atoms with Gasteiger partial charge in [0, 0.05) is 26.4 Å². The molecule has 0 fully saturated rings. The zero-order valence-electron chi connectivity index (χ0n) is 10.1. The van der Waals surface area contributed by atoms with E-state index in [9.17, 15) is 9.59 Å². The van der Waals surface area contributed by atoms with E-state index in [1.165, 1.54) is 11.0 Å². The van der Waals surface area contributed by atoms with E-state index < -0.39 is 0 Å². The number of aryl methyl sites for hydroxylation is 2. The highest BCUT2D eigenvalue weighted by molar-refractivity contribution is 5.75. The van der Waals surface area contributed by atoms with Crippen LogP contribution < -0.4 is 10.5 Å². The Bertz CT molecular complexity index is 424. The van der Waals surface area contributed by atoms with Crippen molar-refractivity contribution in [3.05, 3.63) is 28.2 Å². The summed E-state index contributed by atoms with van der Waals surface area (Å²) in [6.45, 7) is 2.12. The smallest absolute Gasteiger partial charge is 0.252 e. The molecule has 1 amide bonds. The first-order chi connectivity index (χ1) is 7.60. The van der Waals surface area contributed by atoms with E-state index in [1.807, 2.05) is 6.20 Å². The molecule has 0 radical (unpaired) electrons. The summed E-state index contributed by atoms with van der Waals surface area (Å²) in [5.41, 5.74) is 1.66. The maximum atomic E-state index is 11.5. The molecule has 0 unspecified atom stereocenters. The first-order valence-electron chi connectivity index (χ1n) is 5.47. The lowest BCUT2D eigenvalue weighted by molar-refractivity contribution is -0.107. The minimum Gasteiger partial charge on any atom is -0.318 e. The number of rotatable bonds is 5. The molecule has 16 heavy (non-hydrogen) atoms. The summed E-state index contributed by atoms with van der Waals surface area (Å²) in [6, 6.07) is 1.51. The molecule has 0 aromatic carbocycles. The summed E-state index contributed by atoms with van der Waals surface area (Å²) in [5, 5.41) is 0. The summed E-state index contributed by atoms with van der Waals surface area (Å²) in [6.07, 6.45) is 5.57. The van der Waals surface area contributed by atoms with Crippen LogP contribution in [0.1, 0.15) is 25.3 Å². The Kier molecular flexibility index (Phi) is 4.28. The summed E-state index contributed by atoms with van der Waals surface area (Å²) in [4.78, 5) is 23.7. The SMILES string of the molecule is CCCCc1cn(C)c(=O)cc1N(C)C=O. The molecule has 4 heteroatoms. The van der Waals surface area contributed by atoms with Gasteiger partial charge in [-0.05, 0) is 18.4 Å². The quantitative estimate of drug-likeness (QED) is 0.705. The monoisotopic (exact) mass is 222 g/mol. The zero-order valence-corrected chi connectivity index (χ0v) is 10.1. The van der Waals surface area contributed by atoms with Crippen molar-refractivity contribution in [1.82, 2.24) is 4.57 Å². The highest BCUT2D eigenvalue weighted by Gasteiger charge is 2.08. The zero-order chi connectivity index (χ0) is 12.1. The largest absolute Gasteiger partial charge is 0.318 e. The fraction of sp³-hybridized carbons (Fsp3) is 0.500. The molecule has 0 saturated carbocycles. The van der Waals surface area contributed by atoms with Crippen LogP contribution in [0.3, 0.4) is 0 Å². The second-order valence-electron chi connectivity index (χ2n) is 3.95. The summed E-state index contributed by atoms with van der Waals surface area (Å²) >= 11 is 0. The summed E-state index contributed by atoms with van der Waals surface area (Å²) in [7, 11) is 3.39. The molecule has 0 aliphatic heterocycles. The Hall–Kier alpha value is -1.58. The predicted octanol–water partition coefficient (Wildman–Crippen LogP) is 1.32. The average Bonchev–Trinajstić information content (AvgIpc) is 2.29. The van der Waals surface area contributed by atoms with Crippen LogP contribution in [0.25, 0.3) is 0 Å². The van der Waals surface area contributed by atoms with Gasteiger partial charge in [-0.15, -0.1) is 0 Å². The van der Waals surface area contributed by atoms with Crippen molar-refractivity contribution in [3.8, 4) is 0 Å². The summed E-state index contributed by atoms with van der Waals surface area (Å²) in [5.74, 6) is 0. The number of pyridine rings is 1. The van der Waals surface area contributed by atoms with Crippen molar-refractivity contribution in [2.24, 2.45) is 7.05 Å². The molecule has 0 saturated heterocycles. The Morgan fingerprint density at radius 2 is 2.19 bits per heavy atom. The molecule has 88 valence electrons. The van der Waals surface area contributed by atoms with Gasteiger partial charge in [0.2, 0.25) is 6.41 Å². The molecule has 1 rings (SSSR count). The molecule has 4 nitrogen and oxygen atoms in total. The van der Waals surface area contributed by atoms with Crippen LogP contribution in [0.15, 0.2) is 17.1 Å². The van der Waals surface area contributed by atoms with Crippen molar-refractivity contribution < 1.29 is 4.79 Å². The molecule has 0 aliphatic rings. The summed E-state index contributed by atoms with van der Waals surface area (Å²) < 4.78 is 1.55. The van der Waals surface area contributed by atoms with Gasteiger partial charge >= 0.3 is 0 Å². The molecule has 1 aromatic rings. The third-order valence-electron chi connectivity index (χ3n) is 2.62. The number of nitrogens with zero attached hydrogens (tertiary/aromatic N) is 2. The Balaban J connectivity index is 3.16. The van der Waals surface area contributed by atoms with Crippen molar-refractivity contribution in [2.45, 2.75) is 26.2 Å². The lowest BCUT2D eigenvalue weighted by Gasteiger charge is -2.16. The molecule has 1 aromatic heterocycles. The number of aromatic nitrogens is 1. The van der Waals surface area contributed by atoms with Crippen LogP contribution in [0.4, 0.5) is 5.69 Å². The van der Waals surface area contributed by atoms with Gasteiger partial charge in [-0.3, -0.25) is 9.59 Å². The highest BCUT2D eigenvalue weighted by Crippen LogP contribution is 2.18. The van der Waals surface area contributed by atoms with Crippen molar-refractivity contribution in [1.29, 1.82) is 0 Å². The van der Waals surface area contributed by atoms with Crippen LogP contribution in [0, 0.1) is 0 Å². The van der Waals surface area contributed by atoms with E-state index >= 15 is 0 Å². The number of carbonyl (C=O) groups excluding carboxylic acids is 1. The number of amides is 1. The van der Waals surface area contributed by atoms with E-state index in [4.69, 9.17) is 0 Å². The van der Waals surface area contributed by atoms with E-state index in [0.717, 1.165) is 31.2 Å². The van der Waals surface area contributed by atoms with E-state index in [1.54, 1.807) is 18.7 Å². The van der Waals surface area contributed by atoms with Gasteiger partial charge in [0.05, 0.1) is 5.69 Å². The lowest BCUT2D eigenvalue weighted by atomic mass is 10.1. The van der Waals surface area contributed by atoms with Gasteiger partial charge in [-0.2, -0.15) is 0 Å². The molecule has 1 heterocycles. The van der Waals surface area contributed by atoms with Crippen LogP contribution in [0.5, 0.6) is 0 Å². The van der Waals surface area contributed by atoms with Gasteiger partial charge in [0.25, 0.3) is 5.56 Å². The first kappa shape index (κ1) is 12.5. The second kappa shape index (κ2) is 5.49. The van der Waals surface area contributed by atoms with E-state index in [-0.39, 0.29) is 5.56 Å². The van der Waals surface area contributed by atoms with Crippen LogP contribution >= 0.6 is 0 Å². The molecule has 0 aliphatic carbocycles. The number of anilines is 1. The average molecular weight is 222 g/mol. The highest BCUT2D eigenvalue weighted by atomic mass is 16.1. The lowest BCUT2D eigenvalue weighted by Crippen LogP contribution is -2.23. The number of carbonyl (C=O) groups is 1. The minimum absolute atomic E-state index is 0.0936. The third-order valence-corrected chi connectivity index (χ3v) is 2.62. The number of unbranched alkanes of at least 4 members (excludes halogenated alkanes) is 1. The van der Waals surface area contributed by atoms with Gasteiger partial charge in [0.15, 0.2) is 0 Å². The second-order valence-corrected chi connectivity index (χ2v) is 3.95. The first-order valence-corrected chi connectivity index (χ1v) is 5.47. The van der Waals surface area contributed by atoms with Gasteiger partial charge in [-0.25, -0.2) is 0 Å². The van der Waals surface area contributed by atoms with Crippen LogP contribution in [-0.4, -0.2) is 18.0 Å². The molecule has 0 N–H and O–H groups in total. The minimum atomic E-state index is -0.0936. The van der Waals surface area contributed by atoms with Crippen LogP contribution in [-0.2, 0) is 18.3 Å². The number of hydrogen-bond acceptors (Lipinski definition) is 2. The fourth-order valence-electron chi connectivity index (χ4n) is 1.62. The third kappa shape index (κ3) is 2.72. The van der Waals surface area contributed by atoms with E-state index in [0.29, 0.717) is 5.69 Å². The Morgan fingerprint density at radius 3 is 2.75 bits per heavy atom. The van der Waals surface area contributed by atoms with Crippen LogP contribution in [0.2, 0.25) is 0 Å². The topological polar surface area (TPSA) is 42.3 Å². The molecule has 0 atom stereocenters. The van der Waals surface area contributed by atoms with Crippen molar-refractivity contribution in [3.63, 3.8) is 0 Å². The maximum Gasteiger partial charge on any atom is 0.252 e. The maximum absolute atomic E-state index is 11.5. The van der Waals surface area contributed by atoms with Gasteiger partial charge in [0.1, 0.15) is 0 Å². The molecule has 0 spiro atoms. The van der Waals surface area contributed by atoms with Crippen molar-refractivity contribution >= 4 is 12.1 Å². The Morgan fingerprint density at radius 1 is 1.50 bits per heavy atom. The molecular formula is C12H18N2O2.